The summed E-state index contributed by atoms with van der Waals surface area (Å²) in [4.78, 5) is 13.0. The predicted octanol–water partition coefficient (Wildman–Crippen LogP) is 2.72. The molecule has 0 radical (unpaired) electrons. The van der Waals surface area contributed by atoms with Crippen LogP contribution in [0, 0.1) is 5.92 Å². The number of methoxy groups -OCH3 is 1. The molecule has 2 aromatic rings. The van der Waals surface area contributed by atoms with Crippen LogP contribution >= 0.6 is 23.4 Å². The molecule has 3 rings (SSSR count). The molecule has 20 heavy (non-hydrogen) atoms. The Bertz CT molecular complexity index is 597. The van der Waals surface area contributed by atoms with E-state index in [1.165, 1.54) is 30.7 Å². The molecule has 5 nitrogen and oxygen atoms in total. The van der Waals surface area contributed by atoms with Crippen molar-refractivity contribution in [1.29, 1.82) is 0 Å². The molecule has 7 heteroatoms. The number of imidazole rings is 1. The van der Waals surface area contributed by atoms with Gasteiger partial charge in [0.05, 0.1) is 13.0 Å². The van der Waals surface area contributed by atoms with Crippen LogP contribution in [-0.2, 0) is 12.4 Å². The quantitative estimate of drug-likeness (QED) is 0.813. The number of hydrogen-bond donors (Lipinski definition) is 0. The van der Waals surface area contributed by atoms with Crippen molar-refractivity contribution in [3.8, 4) is 5.88 Å². The standard InChI is InChI=1S/C13H17ClN4OS/c1-19-13-11-12(15-8-16-13)18(10(6-14)17-11)7-9-2-4-20-5-3-9/h8-9H,2-7H2,1H3. The van der Waals surface area contributed by atoms with Crippen molar-refractivity contribution in [1.82, 2.24) is 19.5 Å². The molecular weight excluding hydrogens is 296 g/mol. The molecule has 0 aromatic carbocycles. The number of halogens is 1. The average molecular weight is 313 g/mol. The fraction of sp³-hybridized carbons (Fsp3) is 0.615. The third-order valence-corrected chi connectivity index (χ3v) is 4.96. The highest BCUT2D eigenvalue weighted by molar-refractivity contribution is 7.99. The van der Waals surface area contributed by atoms with Crippen LogP contribution < -0.4 is 4.74 Å². The van der Waals surface area contributed by atoms with E-state index >= 15 is 0 Å². The topological polar surface area (TPSA) is 52.8 Å². The van der Waals surface area contributed by atoms with Crippen molar-refractivity contribution in [3.05, 3.63) is 12.2 Å². The number of nitrogens with zero attached hydrogens (tertiary/aromatic N) is 4. The molecule has 0 N–H and O–H groups in total. The van der Waals surface area contributed by atoms with Crippen LogP contribution in [0.2, 0.25) is 0 Å². The van der Waals surface area contributed by atoms with E-state index in [2.05, 4.69) is 19.5 Å². The third kappa shape index (κ3) is 2.59. The maximum Gasteiger partial charge on any atom is 0.245 e. The monoisotopic (exact) mass is 312 g/mol. The van der Waals surface area contributed by atoms with E-state index in [9.17, 15) is 0 Å². The van der Waals surface area contributed by atoms with Crippen molar-refractivity contribution in [3.63, 3.8) is 0 Å². The van der Waals surface area contributed by atoms with Crippen LogP contribution in [0.15, 0.2) is 6.33 Å². The van der Waals surface area contributed by atoms with Crippen LogP contribution in [0.3, 0.4) is 0 Å². The molecule has 0 unspecified atom stereocenters. The Kier molecular flexibility index (Phi) is 4.31. The van der Waals surface area contributed by atoms with Gasteiger partial charge in [0.15, 0.2) is 11.2 Å². The van der Waals surface area contributed by atoms with Crippen LogP contribution in [-0.4, -0.2) is 38.1 Å². The summed E-state index contributed by atoms with van der Waals surface area (Å²) >= 11 is 8.07. The molecule has 0 aliphatic carbocycles. The molecule has 1 aliphatic heterocycles. The van der Waals surface area contributed by atoms with Gasteiger partial charge in [0.25, 0.3) is 0 Å². The molecule has 1 saturated heterocycles. The summed E-state index contributed by atoms with van der Waals surface area (Å²) in [5.41, 5.74) is 1.53. The van der Waals surface area contributed by atoms with Crippen molar-refractivity contribution in [2.75, 3.05) is 18.6 Å². The van der Waals surface area contributed by atoms with Gasteiger partial charge in [-0.15, -0.1) is 11.6 Å². The number of aromatic nitrogens is 4. The van der Waals surface area contributed by atoms with Gasteiger partial charge in [-0.1, -0.05) is 0 Å². The summed E-state index contributed by atoms with van der Waals surface area (Å²) in [6.07, 6.45) is 4.01. The van der Waals surface area contributed by atoms with Crippen LogP contribution in [0.5, 0.6) is 5.88 Å². The van der Waals surface area contributed by atoms with Gasteiger partial charge >= 0.3 is 0 Å². The zero-order valence-electron chi connectivity index (χ0n) is 11.4. The Hall–Kier alpha value is -1.01. The van der Waals surface area contributed by atoms with E-state index in [0.29, 0.717) is 23.2 Å². The SMILES string of the molecule is COc1ncnc2c1nc(CCl)n2CC1CCSCC1. The lowest BCUT2D eigenvalue weighted by molar-refractivity contribution is 0.401. The lowest BCUT2D eigenvalue weighted by Crippen LogP contribution is -2.17. The number of rotatable bonds is 4. The van der Waals surface area contributed by atoms with Gasteiger partial charge in [0, 0.05) is 6.54 Å². The minimum Gasteiger partial charge on any atom is -0.479 e. The van der Waals surface area contributed by atoms with E-state index < -0.39 is 0 Å². The Balaban J connectivity index is 1.99. The Morgan fingerprint density at radius 1 is 1.40 bits per heavy atom. The van der Waals surface area contributed by atoms with Gasteiger partial charge in [-0.2, -0.15) is 16.7 Å². The molecule has 108 valence electrons. The zero-order chi connectivity index (χ0) is 13.9. The van der Waals surface area contributed by atoms with E-state index in [1.807, 2.05) is 11.8 Å². The van der Waals surface area contributed by atoms with E-state index in [-0.39, 0.29) is 0 Å². The second-order valence-electron chi connectivity index (χ2n) is 4.88. The zero-order valence-corrected chi connectivity index (χ0v) is 13.0. The maximum atomic E-state index is 6.04. The first kappa shape index (κ1) is 13.9. The number of hydrogen-bond acceptors (Lipinski definition) is 5. The van der Waals surface area contributed by atoms with E-state index in [4.69, 9.17) is 16.3 Å². The second-order valence-corrected chi connectivity index (χ2v) is 6.38. The Morgan fingerprint density at radius 2 is 2.20 bits per heavy atom. The fourth-order valence-corrected chi connectivity index (χ4v) is 4.00. The summed E-state index contributed by atoms with van der Waals surface area (Å²) in [6.45, 7) is 0.930. The molecule has 0 saturated carbocycles. The first-order chi connectivity index (χ1) is 9.83. The highest BCUT2D eigenvalue weighted by atomic mass is 35.5. The molecule has 0 atom stereocenters. The smallest absolute Gasteiger partial charge is 0.245 e. The normalized spacial score (nSPS) is 16.7. The van der Waals surface area contributed by atoms with Gasteiger partial charge in [-0.25, -0.2) is 9.97 Å². The number of fused-ring (bicyclic) bond motifs is 1. The van der Waals surface area contributed by atoms with E-state index in [1.54, 1.807) is 7.11 Å². The predicted molar refractivity (Wildman–Crippen MR) is 81.5 cm³/mol. The molecule has 2 aromatic heterocycles. The summed E-state index contributed by atoms with van der Waals surface area (Å²) in [6, 6.07) is 0. The summed E-state index contributed by atoms with van der Waals surface area (Å²) in [7, 11) is 1.60. The van der Waals surface area contributed by atoms with Gasteiger partial charge < -0.3 is 9.30 Å². The van der Waals surface area contributed by atoms with Crippen molar-refractivity contribution >= 4 is 34.5 Å². The maximum absolute atomic E-state index is 6.04. The summed E-state index contributed by atoms with van der Waals surface area (Å²) < 4.78 is 7.39. The van der Waals surface area contributed by atoms with Gasteiger partial charge in [-0.05, 0) is 30.3 Å². The molecule has 1 fully saturated rings. The third-order valence-electron chi connectivity index (χ3n) is 3.67. The minimum absolute atomic E-state index is 0.376. The molecule has 0 spiro atoms. The number of thioether (sulfide) groups is 1. The van der Waals surface area contributed by atoms with Crippen molar-refractivity contribution < 1.29 is 4.74 Å². The lowest BCUT2D eigenvalue weighted by atomic mass is 10.0. The van der Waals surface area contributed by atoms with Gasteiger partial charge in [-0.3, -0.25) is 0 Å². The number of alkyl halides is 1. The van der Waals surface area contributed by atoms with Crippen LogP contribution in [0.4, 0.5) is 0 Å². The lowest BCUT2D eigenvalue weighted by Gasteiger charge is -2.22. The Morgan fingerprint density at radius 3 is 2.90 bits per heavy atom. The van der Waals surface area contributed by atoms with Gasteiger partial charge in [0.1, 0.15) is 12.2 Å². The molecule has 1 aliphatic rings. The van der Waals surface area contributed by atoms with Crippen LogP contribution in [0.1, 0.15) is 18.7 Å². The number of ether oxygens (including phenoxy) is 1. The first-order valence-electron chi connectivity index (χ1n) is 6.71. The van der Waals surface area contributed by atoms with E-state index in [0.717, 1.165) is 18.0 Å². The average Bonchev–Trinajstić information content (AvgIpc) is 2.86. The highest BCUT2D eigenvalue weighted by Gasteiger charge is 2.20. The highest BCUT2D eigenvalue weighted by Crippen LogP contribution is 2.28. The fourth-order valence-electron chi connectivity index (χ4n) is 2.59. The summed E-state index contributed by atoms with van der Waals surface area (Å²) in [5.74, 6) is 4.90. The molecule has 3 heterocycles. The summed E-state index contributed by atoms with van der Waals surface area (Å²) in [5, 5.41) is 0. The molecular formula is C13H17ClN4OS. The van der Waals surface area contributed by atoms with Gasteiger partial charge in [0.2, 0.25) is 5.88 Å². The minimum atomic E-state index is 0.376. The largest absolute Gasteiger partial charge is 0.479 e. The van der Waals surface area contributed by atoms with Crippen molar-refractivity contribution in [2.24, 2.45) is 5.92 Å². The Labute approximate surface area is 127 Å². The second kappa shape index (κ2) is 6.18. The van der Waals surface area contributed by atoms with Crippen LogP contribution in [0.25, 0.3) is 11.2 Å². The molecule has 0 amide bonds. The molecule has 0 bridgehead atoms. The van der Waals surface area contributed by atoms with Crippen molar-refractivity contribution in [2.45, 2.75) is 25.3 Å². The first-order valence-corrected chi connectivity index (χ1v) is 8.40.